The summed E-state index contributed by atoms with van der Waals surface area (Å²) in [5.74, 6) is -2.44. The van der Waals surface area contributed by atoms with Crippen molar-refractivity contribution in [1.82, 2.24) is 0 Å². The van der Waals surface area contributed by atoms with Gasteiger partial charge in [-0.15, -0.1) is 0 Å². The second kappa shape index (κ2) is 4.86. The minimum Gasteiger partial charge on any atom is -0.469 e. The van der Waals surface area contributed by atoms with E-state index in [2.05, 4.69) is 4.74 Å². The quantitative estimate of drug-likeness (QED) is 0.855. The van der Waals surface area contributed by atoms with Gasteiger partial charge in [-0.1, -0.05) is 30.3 Å². The molecule has 1 unspecified atom stereocenters. The first-order chi connectivity index (χ1) is 10.0. The number of Topliss-reactive ketones (excluding diaryl/α,β-unsaturated/α-hetero) is 1. The van der Waals surface area contributed by atoms with Crippen LogP contribution in [0.25, 0.3) is 10.8 Å². The summed E-state index contributed by atoms with van der Waals surface area (Å²) in [6, 6.07) is 10.9. The average molecular weight is 286 g/mol. The lowest BCUT2D eigenvalue weighted by Crippen LogP contribution is -2.44. The molecule has 21 heavy (non-hydrogen) atoms. The summed E-state index contributed by atoms with van der Waals surface area (Å²) in [7, 11) is 1.22. The molecule has 2 aromatic carbocycles. The molecule has 2 aromatic rings. The van der Waals surface area contributed by atoms with Crippen LogP contribution < -0.4 is 4.74 Å². The molecule has 3 rings (SSSR count). The number of hydrogen-bond acceptors (Lipinski definition) is 5. The van der Waals surface area contributed by atoms with Gasteiger partial charge in [-0.25, -0.2) is 0 Å². The number of carbonyl (C=O) groups is 2. The number of carbonyl (C=O) groups excluding carboxylic acids is 2. The van der Waals surface area contributed by atoms with E-state index in [1.165, 1.54) is 7.11 Å². The number of ether oxygens (including phenoxy) is 2. The van der Waals surface area contributed by atoms with E-state index < -0.39 is 11.8 Å². The van der Waals surface area contributed by atoms with Gasteiger partial charge in [0.2, 0.25) is 5.79 Å². The highest BCUT2D eigenvalue weighted by Gasteiger charge is 2.41. The van der Waals surface area contributed by atoms with Crippen molar-refractivity contribution in [3.05, 3.63) is 42.0 Å². The molecule has 1 aliphatic rings. The number of aliphatic hydroxyl groups is 1. The van der Waals surface area contributed by atoms with Gasteiger partial charge in [0, 0.05) is 0 Å². The van der Waals surface area contributed by atoms with Crippen molar-refractivity contribution in [2.24, 2.45) is 0 Å². The molecule has 0 bridgehead atoms. The van der Waals surface area contributed by atoms with Gasteiger partial charge in [-0.2, -0.15) is 0 Å². The molecule has 1 aliphatic heterocycles. The number of fused-ring (bicyclic) bond motifs is 3. The van der Waals surface area contributed by atoms with Gasteiger partial charge in [-0.05, 0) is 16.8 Å². The number of ketones is 1. The summed E-state index contributed by atoms with van der Waals surface area (Å²) in [5.41, 5.74) is 0.447. The first-order valence-electron chi connectivity index (χ1n) is 6.55. The maximum absolute atomic E-state index is 12.4. The first kappa shape index (κ1) is 13.6. The molecule has 0 aromatic heterocycles. The lowest BCUT2D eigenvalue weighted by Gasteiger charge is -2.32. The fourth-order valence-electron chi connectivity index (χ4n) is 2.60. The normalized spacial score (nSPS) is 20.8. The lowest BCUT2D eigenvalue weighted by molar-refractivity contribution is -0.171. The number of esters is 1. The monoisotopic (exact) mass is 286 g/mol. The Hall–Kier alpha value is -2.40. The Balaban J connectivity index is 2.06. The molecule has 0 saturated heterocycles. The molecular formula is C16H14O5. The van der Waals surface area contributed by atoms with Crippen LogP contribution in [0.5, 0.6) is 5.75 Å². The molecule has 0 amide bonds. The Morgan fingerprint density at radius 1 is 1.33 bits per heavy atom. The SMILES string of the molecule is COC(=O)CC1(O)CC(=O)c2c(ccc3ccccc23)O1. The highest BCUT2D eigenvalue weighted by atomic mass is 16.6. The van der Waals surface area contributed by atoms with Gasteiger partial charge in [0.05, 0.1) is 19.1 Å². The molecule has 1 N–H and O–H groups in total. The molecule has 5 heteroatoms. The van der Waals surface area contributed by atoms with Crippen LogP contribution in [0.1, 0.15) is 23.2 Å². The predicted octanol–water partition coefficient (Wildman–Crippen LogP) is 2.06. The molecule has 0 fully saturated rings. The average Bonchev–Trinajstić information content (AvgIpc) is 2.45. The van der Waals surface area contributed by atoms with E-state index in [1.54, 1.807) is 6.07 Å². The van der Waals surface area contributed by atoms with Gasteiger partial charge in [0.25, 0.3) is 0 Å². The molecule has 0 radical (unpaired) electrons. The maximum Gasteiger partial charge on any atom is 0.312 e. The molecule has 0 aliphatic carbocycles. The van der Waals surface area contributed by atoms with Gasteiger partial charge in [0.15, 0.2) is 5.78 Å². The van der Waals surface area contributed by atoms with Crippen LogP contribution in [0.2, 0.25) is 0 Å². The molecule has 108 valence electrons. The van der Waals surface area contributed by atoms with Gasteiger partial charge in [0.1, 0.15) is 12.2 Å². The molecule has 0 saturated carbocycles. The van der Waals surface area contributed by atoms with Crippen molar-refractivity contribution in [3.63, 3.8) is 0 Å². The summed E-state index contributed by atoms with van der Waals surface area (Å²) in [6.07, 6.45) is -0.662. The van der Waals surface area contributed by atoms with E-state index in [9.17, 15) is 14.7 Å². The lowest BCUT2D eigenvalue weighted by atomic mass is 9.92. The van der Waals surface area contributed by atoms with Gasteiger partial charge in [-0.3, -0.25) is 9.59 Å². The number of methoxy groups -OCH3 is 1. The fraction of sp³-hybridized carbons (Fsp3) is 0.250. The van der Waals surface area contributed by atoms with Crippen molar-refractivity contribution in [2.75, 3.05) is 7.11 Å². The Labute approximate surface area is 121 Å². The highest BCUT2D eigenvalue weighted by Crippen LogP contribution is 2.38. The summed E-state index contributed by atoms with van der Waals surface area (Å²) in [6.45, 7) is 0. The first-order valence-corrected chi connectivity index (χ1v) is 6.55. The zero-order valence-electron chi connectivity index (χ0n) is 11.5. The second-order valence-corrected chi connectivity index (χ2v) is 5.06. The molecule has 1 atom stereocenters. The Kier molecular flexibility index (Phi) is 3.14. The van der Waals surface area contributed by atoms with E-state index >= 15 is 0 Å². The number of benzene rings is 2. The van der Waals surface area contributed by atoms with E-state index in [0.29, 0.717) is 5.56 Å². The van der Waals surface area contributed by atoms with E-state index in [4.69, 9.17) is 4.74 Å². The zero-order valence-corrected chi connectivity index (χ0v) is 11.5. The maximum atomic E-state index is 12.4. The Bertz CT molecular complexity index is 737. The molecule has 1 heterocycles. The zero-order chi connectivity index (χ0) is 15.0. The van der Waals surface area contributed by atoms with Crippen molar-refractivity contribution in [2.45, 2.75) is 18.6 Å². The molecular weight excluding hydrogens is 272 g/mol. The minimum atomic E-state index is -1.85. The van der Waals surface area contributed by atoms with Crippen LogP contribution >= 0.6 is 0 Å². The van der Waals surface area contributed by atoms with Crippen molar-refractivity contribution >= 4 is 22.5 Å². The van der Waals surface area contributed by atoms with Crippen molar-refractivity contribution < 1.29 is 24.2 Å². The third-order valence-electron chi connectivity index (χ3n) is 3.55. The van der Waals surface area contributed by atoms with E-state index in [0.717, 1.165) is 10.8 Å². The van der Waals surface area contributed by atoms with Crippen LogP contribution in [0.3, 0.4) is 0 Å². The number of rotatable bonds is 2. The summed E-state index contributed by atoms with van der Waals surface area (Å²) < 4.78 is 10.0. The predicted molar refractivity (Wildman–Crippen MR) is 75.1 cm³/mol. The van der Waals surface area contributed by atoms with Crippen molar-refractivity contribution in [1.29, 1.82) is 0 Å². The molecule has 5 nitrogen and oxygen atoms in total. The summed E-state index contributed by atoms with van der Waals surface area (Å²) >= 11 is 0. The Morgan fingerprint density at radius 2 is 2.10 bits per heavy atom. The largest absolute Gasteiger partial charge is 0.469 e. The van der Waals surface area contributed by atoms with Gasteiger partial charge < -0.3 is 14.6 Å². The van der Waals surface area contributed by atoms with Crippen molar-refractivity contribution in [3.8, 4) is 5.75 Å². The topological polar surface area (TPSA) is 72.8 Å². The van der Waals surface area contributed by atoms with Gasteiger partial charge >= 0.3 is 5.97 Å². The minimum absolute atomic E-state index is 0.251. The van der Waals surface area contributed by atoms with Crippen LogP contribution in [0, 0.1) is 0 Å². The van der Waals surface area contributed by atoms with Crippen LogP contribution in [0.15, 0.2) is 36.4 Å². The fourth-order valence-corrected chi connectivity index (χ4v) is 2.60. The Morgan fingerprint density at radius 3 is 2.86 bits per heavy atom. The standard InChI is InChI=1S/C16H14O5/c1-20-14(18)9-16(19)8-12(17)15-11-5-3-2-4-10(11)6-7-13(15)21-16/h2-7,19H,8-9H2,1H3. The van der Waals surface area contributed by atoms with E-state index in [-0.39, 0.29) is 24.4 Å². The summed E-state index contributed by atoms with van der Waals surface area (Å²) in [5, 5.41) is 12.0. The summed E-state index contributed by atoms with van der Waals surface area (Å²) in [4.78, 5) is 23.7. The third-order valence-corrected chi connectivity index (χ3v) is 3.55. The number of hydrogen-bond donors (Lipinski definition) is 1. The van der Waals surface area contributed by atoms with Crippen LogP contribution in [0.4, 0.5) is 0 Å². The molecule has 0 spiro atoms. The van der Waals surface area contributed by atoms with Crippen LogP contribution in [-0.2, 0) is 9.53 Å². The second-order valence-electron chi connectivity index (χ2n) is 5.06. The smallest absolute Gasteiger partial charge is 0.312 e. The van der Waals surface area contributed by atoms with E-state index in [1.807, 2.05) is 30.3 Å². The highest BCUT2D eigenvalue weighted by molar-refractivity contribution is 6.11. The van der Waals surface area contributed by atoms with Crippen LogP contribution in [-0.4, -0.2) is 29.8 Å². The third kappa shape index (κ3) is 2.36.